The normalized spacial score (nSPS) is 13.6. The van der Waals surface area contributed by atoms with E-state index in [-0.39, 0.29) is 38.6 Å². The van der Waals surface area contributed by atoms with E-state index in [1.165, 1.54) is 83.5 Å². The molecular weight excluding hydrogens is 923 g/mol. The molecule has 0 saturated heterocycles. The van der Waals surface area contributed by atoms with Gasteiger partial charge in [-0.2, -0.15) is 0 Å². The first-order valence-corrected chi connectivity index (χ1v) is 29.6. The highest BCUT2D eigenvalue weighted by Gasteiger charge is 2.25. The fourth-order valence-electron chi connectivity index (χ4n) is 7.73. The van der Waals surface area contributed by atoms with E-state index in [9.17, 15) is 19.5 Å². The van der Waals surface area contributed by atoms with E-state index in [0.717, 1.165) is 109 Å². The topological polar surface area (TPSA) is 108 Å². The van der Waals surface area contributed by atoms with Gasteiger partial charge in [0.15, 0.2) is 6.10 Å². The molecule has 422 valence electrons. The maximum absolute atomic E-state index is 12.9. The number of likely N-dealkylation sites (N-methyl/N-ethyl adjacent to an activating group) is 1. The fourth-order valence-corrected chi connectivity index (χ4v) is 7.73. The number of nitrogens with zero attached hydrogens (tertiary/aromatic N) is 1. The van der Waals surface area contributed by atoms with Crippen molar-refractivity contribution in [3.63, 3.8) is 0 Å². The second kappa shape index (κ2) is 55.2. The van der Waals surface area contributed by atoms with Crippen molar-refractivity contribution in [3.8, 4) is 0 Å². The molecule has 9 nitrogen and oxygen atoms in total. The summed E-state index contributed by atoms with van der Waals surface area (Å²) in [4.78, 5) is 37.4. The quantitative estimate of drug-likeness (QED) is 0.0211. The Kier molecular flexibility index (Phi) is 52.2. The first-order valence-electron chi connectivity index (χ1n) is 29.6. The Bertz CT molecular complexity index is 1580. The summed E-state index contributed by atoms with van der Waals surface area (Å²) < 4.78 is 22.9. The molecule has 0 radical (unpaired) electrons. The van der Waals surface area contributed by atoms with E-state index < -0.39 is 24.3 Å². The molecule has 0 fully saturated rings. The summed E-state index contributed by atoms with van der Waals surface area (Å²) in [6.45, 7) is 4.72. The monoisotopic (exact) mass is 1030 g/mol. The molecule has 0 aliphatic carbocycles. The van der Waals surface area contributed by atoms with Crippen molar-refractivity contribution in [3.05, 3.63) is 109 Å². The zero-order valence-corrected chi connectivity index (χ0v) is 48.0. The minimum absolute atomic E-state index is 0.180. The Balaban J connectivity index is 4.27. The van der Waals surface area contributed by atoms with Gasteiger partial charge in [-0.05, 0) is 103 Å². The van der Waals surface area contributed by atoms with Gasteiger partial charge in [0.2, 0.25) is 0 Å². The summed E-state index contributed by atoms with van der Waals surface area (Å²) in [6, 6.07) is 0. The van der Waals surface area contributed by atoms with Crippen LogP contribution < -0.4 is 0 Å². The van der Waals surface area contributed by atoms with Gasteiger partial charge in [-0.1, -0.05) is 220 Å². The molecule has 0 rings (SSSR count). The molecule has 9 heteroatoms. The number of carboxylic acids is 1. The van der Waals surface area contributed by atoms with Gasteiger partial charge in [0, 0.05) is 12.8 Å². The number of hydrogen-bond acceptors (Lipinski definition) is 7. The van der Waals surface area contributed by atoms with Crippen LogP contribution in [0.3, 0.4) is 0 Å². The molecule has 0 aromatic heterocycles. The average Bonchev–Trinajstić information content (AvgIpc) is 3.37. The van der Waals surface area contributed by atoms with Crippen molar-refractivity contribution >= 4 is 17.9 Å². The number of quaternary nitrogens is 1. The molecule has 0 bridgehead atoms. The maximum atomic E-state index is 12.9. The van der Waals surface area contributed by atoms with Crippen LogP contribution in [0.1, 0.15) is 226 Å². The third-order valence-corrected chi connectivity index (χ3v) is 12.3. The van der Waals surface area contributed by atoms with Gasteiger partial charge < -0.3 is 28.5 Å². The third kappa shape index (κ3) is 55.7. The van der Waals surface area contributed by atoms with E-state index in [4.69, 9.17) is 18.9 Å². The minimum atomic E-state index is -1.52. The van der Waals surface area contributed by atoms with Gasteiger partial charge in [0.25, 0.3) is 6.29 Å². The van der Waals surface area contributed by atoms with Gasteiger partial charge >= 0.3 is 17.9 Å². The van der Waals surface area contributed by atoms with Gasteiger partial charge in [-0.3, -0.25) is 9.59 Å². The smallest absolute Gasteiger partial charge is 0.361 e. The summed E-state index contributed by atoms with van der Waals surface area (Å²) in [6.07, 6.45) is 73.0. The fraction of sp³-hybridized carbons (Fsp3) is 0.677. The number of esters is 2. The number of hydrogen-bond donors (Lipinski definition) is 1. The first kappa shape index (κ1) is 70.0. The standard InChI is InChI=1S/C65H109NO8/c1-6-8-10-12-14-16-18-20-22-24-26-27-28-29-30-31-32-33-34-35-36-37-38-40-42-44-46-48-50-52-54-56-63(68)74-61(60-73-65(64(69)70)71-58-57-66(3,4)5)59-72-62(67)55-53-51-49-47-45-43-41-39-25-23-21-19-17-15-13-11-9-7-2/h8,10,14,16-17,19-20,22-23,25-27,29-30,32-33,35-36,61,65H,6-7,9,11-13,15,18,21,24,28,31,34,37-60H2,1-5H3/p+1/b10-8-,16-14-,19-17-,22-20-,25-23-,27-26-,30-29-,33-32-,36-35-. The third-order valence-electron chi connectivity index (χ3n) is 12.3. The lowest BCUT2D eigenvalue weighted by molar-refractivity contribution is -0.870. The molecule has 0 aliphatic heterocycles. The molecule has 2 atom stereocenters. The SMILES string of the molecule is CC/C=C\C/C=C\C/C=C\C/C=C\C/C=C\C/C=C\C/C=C\CCCCCCCCCCCC(=O)OC(COC(=O)CCCCCCCCC/C=C\C/C=C\CCCCCC)COC(OCC[N+](C)(C)C)C(=O)O. The summed E-state index contributed by atoms with van der Waals surface area (Å²) in [5.41, 5.74) is 0. The van der Waals surface area contributed by atoms with E-state index in [1.54, 1.807) is 0 Å². The molecule has 0 aromatic carbocycles. The van der Waals surface area contributed by atoms with Crippen LogP contribution in [0.15, 0.2) is 109 Å². The van der Waals surface area contributed by atoms with Crippen molar-refractivity contribution in [2.24, 2.45) is 0 Å². The van der Waals surface area contributed by atoms with Gasteiger partial charge in [0.1, 0.15) is 13.2 Å². The Labute approximate surface area is 454 Å². The number of aliphatic carboxylic acids is 1. The number of rotatable bonds is 53. The highest BCUT2D eigenvalue weighted by Crippen LogP contribution is 2.15. The molecule has 0 amide bonds. The van der Waals surface area contributed by atoms with Crippen molar-refractivity contribution < 1.29 is 42.9 Å². The zero-order chi connectivity index (χ0) is 54.1. The molecule has 0 saturated carbocycles. The Hall–Kier alpha value is -4.05. The first-order chi connectivity index (χ1) is 36.1. The Morgan fingerprint density at radius 1 is 0.419 bits per heavy atom. The Morgan fingerprint density at radius 2 is 0.770 bits per heavy atom. The van der Waals surface area contributed by atoms with Gasteiger partial charge in [-0.15, -0.1) is 0 Å². The van der Waals surface area contributed by atoms with E-state index in [1.807, 2.05) is 21.1 Å². The van der Waals surface area contributed by atoms with Crippen LogP contribution in [0.5, 0.6) is 0 Å². The van der Waals surface area contributed by atoms with Crippen LogP contribution in [0.4, 0.5) is 0 Å². The van der Waals surface area contributed by atoms with Crippen LogP contribution in [0.25, 0.3) is 0 Å². The lowest BCUT2D eigenvalue weighted by Crippen LogP contribution is -2.40. The largest absolute Gasteiger partial charge is 0.477 e. The Morgan fingerprint density at radius 3 is 1.15 bits per heavy atom. The van der Waals surface area contributed by atoms with Crippen molar-refractivity contribution in [2.45, 2.75) is 238 Å². The van der Waals surface area contributed by atoms with Gasteiger partial charge in [-0.25, -0.2) is 4.79 Å². The molecule has 0 aromatic rings. The number of unbranched alkanes of at least 4 members (excludes halogenated alkanes) is 20. The molecular formula is C65H110NO8+. The number of carboxylic acid groups (broad SMARTS) is 1. The summed E-state index contributed by atoms with van der Waals surface area (Å²) >= 11 is 0. The predicted molar refractivity (Wildman–Crippen MR) is 313 cm³/mol. The second-order valence-electron chi connectivity index (χ2n) is 20.6. The lowest BCUT2D eigenvalue weighted by atomic mass is 10.1. The second-order valence-corrected chi connectivity index (χ2v) is 20.6. The summed E-state index contributed by atoms with van der Waals surface area (Å²) in [5, 5.41) is 9.70. The van der Waals surface area contributed by atoms with Crippen molar-refractivity contribution in [1.82, 2.24) is 0 Å². The van der Waals surface area contributed by atoms with Crippen molar-refractivity contribution in [1.29, 1.82) is 0 Å². The maximum Gasteiger partial charge on any atom is 0.361 e. The summed E-state index contributed by atoms with van der Waals surface area (Å²) in [5.74, 6) is -2.03. The van der Waals surface area contributed by atoms with Crippen molar-refractivity contribution in [2.75, 3.05) is 47.5 Å². The molecule has 0 aliphatic rings. The number of carbonyl (C=O) groups excluding carboxylic acids is 2. The summed E-state index contributed by atoms with van der Waals surface area (Å²) in [7, 11) is 5.96. The minimum Gasteiger partial charge on any atom is -0.477 e. The van der Waals surface area contributed by atoms with Crippen LogP contribution in [0, 0.1) is 0 Å². The molecule has 0 heterocycles. The van der Waals surface area contributed by atoms with Crippen LogP contribution in [-0.2, 0) is 33.3 Å². The molecule has 1 N–H and O–H groups in total. The van der Waals surface area contributed by atoms with E-state index in [2.05, 4.69) is 123 Å². The lowest BCUT2D eigenvalue weighted by Gasteiger charge is -2.25. The number of carbonyl (C=O) groups is 3. The number of ether oxygens (including phenoxy) is 4. The highest BCUT2D eigenvalue weighted by atomic mass is 16.7. The molecule has 0 spiro atoms. The van der Waals surface area contributed by atoms with Crippen LogP contribution in [0.2, 0.25) is 0 Å². The zero-order valence-electron chi connectivity index (χ0n) is 48.0. The average molecular weight is 1030 g/mol. The predicted octanol–water partition coefficient (Wildman–Crippen LogP) is 17.5. The highest BCUT2D eigenvalue weighted by molar-refractivity contribution is 5.71. The molecule has 2 unspecified atom stereocenters. The van der Waals surface area contributed by atoms with Crippen LogP contribution >= 0.6 is 0 Å². The van der Waals surface area contributed by atoms with Crippen LogP contribution in [-0.4, -0.2) is 87.4 Å². The van der Waals surface area contributed by atoms with E-state index >= 15 is 0 Å². The van der Waals surface area contributed by atoms with E-state index in [0.29, 0.717) is 17.4 Å². The van der Waals surface area contributed by atoms with Gasteiger partial charge in [0.05, 0.1) is 34.4 Å². The molecule has 74 heavy (non-hydrogen) atoms. The number of allylic oxidation sites excluding steroid dienone is 18.